The van der Waals surface area contributed by atoms with Crippen molar-refractivity contribution in [2.45, 2.75) is 6.42 Å². The molecule has 0 saturated carbocycles. The molecule has 25 heavy (non-hydrogen) atoms. The van der Waals surface area contributed by atoms with E-state index in [1.54, 1.807) is 6.07 Å². The molecule has 1 heterocycles. The number of aromatic carboxylic acids is 1. The van der Waals surface area contributed by atoms with E-state index in [2.05, 4.69) is 0 Å². The fourth-order valence-electron chi connectivity index (χ4n) is 1.81. The van der Waals surface area contributed by atoms with Crippen molar-refractivity contribution in [2.75, 3.05) is 18.0 Å². The van der Waals surface area contributed by atoms with E-state index in [9.17, 15) is 24.4 Å². The van der Waals surface area contributed by atoms with Crippen LogP contribution in [0.3, 0.4) is 0 Å². The third kappa shape index (κ3) is 7.94. The second-order valence-electron chi connectivity index (χ2n) is 4.22. The fourth-order valence-corrected chi connectivity index (χ4v) is 2.92. The number of carboxylic acids is 4. The monoisotopic (exact) mass is 522 g/mol. The normalized spacial score (nSPS) is 9.08. The summed E-state index contributed by atoms with van der Waals surface area (Å²) in [5.41, 5.74) is -0.634. The second-order valence-corrected chi connectivity index (χ2v) is 5.22. The Hall–Kier alpha value is -0.169. The van der Waals surface area contributed by atoms with Gasteiger partial charge in [0.1, 0.15) is 29.0 Å². The molecule has 0 atom stereocenters. The number of hydrogen-bond acceptors (Lipinski definition) is 7. The van der Waals surface area contributed by atoms with Gasteiger partial charge in [0.25, 0.3) is 0 Å². The van der Waals surface area contributed by atoms with Gasteiger partial charge in [0.05, 0.1) is 12.0 Å². The van der Waals surface area contributed by atoms with Crippen LogP contribution in [-0.2, 0) is 20.8 Å². The number of thiophene rings is 1. The Balaban J connectivity index is -0.000000220. The van der Waals surface area contributed by atoms with E-state index in [0.29, 0.717) is 11.3 Å². The molecule has 1 aromatic rings. The van der Waals surface area contributed by atoms with Crippen molar-refractivity contribution in [2.24, 2.45) is 0 Å². The molecule has 0 saturated heterocycles. The van der Waals surface area contributed by atoms with Gasteiger partial charge in [0.2, 0.25) is 0 Å². The maximum absolute atomic E-state index is 11.2. The fraction of sp³-hybridized carbons (Fsp3) is 0.250. The molecule has 0 fully saturated rings. The average Bonchev–Trinajstić information content (AvgIpc) is 2.74. The molecule has 0 bridgehead atoms. The Kier molecular flexibility index (Phi) is 13.3. The van der Waals surface area contributed by atoms with Gasteiger partial charge >= 0.3 is 115 Å². The zero-order valence-electron chi connectivity index (χ0n) is 16.8. The van der Waals surface area contributed by atoms with Crippen molar-refractivity contribution in [3.05, 3.63) is 16.0 Å². The smallest absolute Gasteiger partial charge is 1.00 e. The largest absolute Gasteiger partial charge is 2.00 e. The van der Waals surface area contributed by atoms with Gasteiger partial charge in [-0.3, -0.25) is 14.4 Å². The Bertz CT molecular complexity index is 728. The summed E-state index contributed by atoms with van der Waals surface area (Å²) in [6, 6.07) is 1.63. The van der Waals surface area contributed by atoms with Crippen LogP contribution in [0.4, 0.5) is 5.00 Å². The zero-order chi connectivity index (χ0) is 17.7. The van der Waals surface area contributed by atoms with E-state index in [0.717, 1.165) is 4.90 Å². The van der Waals surface area contributed by atoms with Crippen molar-refractivity contribution in [3.63, 3.8) is 0 Å². The van der Waals surface area contributed by atoms with Crippen LogP contribution < -0.4 is 4.90 Å². The number of nitrogens with zero attached hydrogens (tertiary/aromatic N) is 2. The predicted molar refractivity (Wildman–Crippen MR) is 90.8 cm³/mol. The van der Waals surface area contributed by atoms with Crippen LogP contribution in [0.1, 0.15) is 26.5 Å². The molecule has 0 aliphatic carbocycles. The molecular formula is C12H14N2O8SSr2. The summed E-state index contributed by atoms with van der Waals surface area (Å²) in [4.78, 5) is 44.1. The van der Waals surface area contributed by atoms with Gasteiger partial charge in [0.15, 0.2) is 0 Å². The maximum Gasteiger partial charge on any atom is 2.00 e. The molecular weight excluding hydrogens is 507 g/mol. The van der Waals surface area contributed by atoms with Crippen LogP contribution in [0.15, 0.2) is 0 Å². The number of rotatable bonds is 8. The maximum atomic E-state index is 11.2. The first-order valence-electron chi connectivity index (χ1n) is 5.86. The minimum atomic E-state index is -1.49. The molecule has 13 heteroatoms. The van der Waals surface area contributed by atoms with Crippen molar-refractivity contribution >= 4 is 131 Å². The van der Waals surface area contributed by atoms with Crippen molar-refractivity contribution in [3.8, 4) is 6.07 Å². The van der Waals surface area contributed by atoms with Gasteiger partial charge in [-0.1, -0.05) is 0 Å². The van der Waals surface area contributed by atoms with Crippen LogP contribution in [0.5, 0.6) is 0 Å². The molecule has 0 spiro atoms. The molecule has 0 aliphatic heterocycles. The molecule has 0 amide bonds. The molecule has 1 aromatic heterocycles. The van der Waals surface area contributed by atoms with Gasteiger partial charge in [-0.05, 0) is 0 Å². The average molecular weight is 522 g/mol. The van der Waals surface area contributed by atoms with Crippen LogP contribution in [0.2, 0.25) is 0 Å². The number of hydrogen-bond donors (Lipinski definition) is 4. The van der Waals surface area contributed by atoms with Gasteiger partial charge in [-0.2, -0.15) is 5.26 Å². The third-order valence-corrected chi connectivity index (χ3v) is 3.84. The molecule has 130 valence electrons. The number of anilines is 1. The topological polar surface area (TPSA) is 176 Å². The zero-order valence-corrected chi connectivity index (χ0v) is 20.5. The summed E-state index contributed by atoms with van der Waals surface area (Å²) >= 11 is 0.467. The molecule has 0 aliphatic rings. The molecule has 0 aromatic carbocycles. The van der Waals surface area contributed by atoms with E-state index < -0.39 is 48.3 Å². The van der Waals surface area contributed by atoms with E-state index >= 15 is 0 Å². The predicted octanol–water partition coefficient (Wildman–Crippen LogP) is -0.391. The third-order valence-electron chi connectivity index (χ3n) is 2.56. The Morgan fingerprint density at radius 1 is 1.00 bits per heavy atom. The van der Waals surface area contributed by atoms with E-state index in [-0.39, 0.29) is 113 Å². The van der Waals surface area contributed by atoms with Crippen LogP contribution in [0.25, 0.3) is 0 Å². The number of carbonyl (C=O) groups is 4. The van der Waals surface area contributed by atoms with Crippen molar-refractivity contribution < 1.29 is 45.3 Å². The number of nitriles is 1. The minimum absolute atomic E-state index is 0. The Morgan fingerprint density at radius 3 is 1.80 bits per heavy atom. The first-order valence-corrected chi connectivity index (χ1v) is 6.68. The molecule has 4 N–H and O–H groups in total. The van der Waals surface area contributed by atoms with Crippen LogP contribution >= 0.6 is 11.3 Å². The molecule has 0 unspecified atom stereocenters. The SMILES string of the molecule is N#Cc1c(N(CC(=O)O)CC(=O)O)sc(C(=O)O)c1CC(=O)O.[H-].[H-].[H-].[H-].[Sr+2].[Sr+2]. The molecule has 0 radical (unpaired) electrons. The summed E-state index contributed by atoms with van der Waals surface area (Å²) in [5.74, 6) is -5.64. The van der Waals surface area contributed by atoms with Gasteiger partial charge in [0, 0.05) is 5.56 Å². The molecule has 10 nitrogen and oxygen atoms in total. The van der Waals surface area contributed by atoms with Crippen LogP contribution in [-0.4, -0.2) is 148 Å². The summed E-state index contributed by atoms with van der Waals surface area (Å²) in [5, 5.41) is 44.6. The van der Waals surface area contributed by atoms with E-state index in [1.165, 1.54) is 0 Å². The van der Waals surface area contributed by atoms with Crippen molar-refractivity contribution in [1.82, 2.24) is 0 Å². The van der Waals surface area contributed by atoms with Gasteiger partial charge in [-0.25, -0.2) is 4.79 Å². The first-order chi connectivity index (χ1) is 10.7. The minimum Gasteiger partial charge on any atom is -1.00 e. The molecule has 1 rings (SSSR count). The summed E-state index contributed by atoms with van der Waals surface area (Å²) in [7, 11) is 0. The Morgan fingerprint density at radius 2 is 1.48 bits per heavy atom. The number of aliphatic carboxylic acids is 3. The summed E-state index contributed by atoms with van der Waals surface area (Å²) < 4.78 is 0. The number of carboxylic acid groups (broad SMARTS) is 4. The summed E-state index contributed by atoms with van der Waals surface area (Å²) in [6.07, 6.45) is -0.755. The second kappa shape index (κ2) is 12.3. The van der Waals surface area contributed by atoms with Crippen molar-refractivity contribution in [1.29, 1.82) is 5.26 Å². The van der Waals surface area contributed by atoms with E-state index in [4.69, 9.17) is 20.4 Å². The first kappa shape index (κ1) is 27.1. The quantitative estimate of drug-likeness (QED) is 0.330. The Labute approximate surface area is 225 Å². The standard InChI is InChI=1S/C12H10N2O8S.2Sr.4H/c13-2-6-5(1-7(15)16)10(12(21)22)23-11(6)14(3-8(17)18)4-9(19)20;;;;;;/h1,3-4H2,(H,15,16)(H,17,18)(H,19,20)(H,21,22);;;;;;/q;2*+2;4*-1. The van der Waals surface area contributed by atoms with E-state index in [1.807, 2.05) is 0 Å². The van der Waals surface area contributed by atoms with Gasteiger partial charge < -0.3 is 31.0 Å². The summed E-state index contributed by atoms with van der Waals surface area (Å²) in [6.45, 7) is -1.57. The van der Waals surface area contributed by atoms with Gasteiger partial charge in [-0.15, -0.1) is 11.3 Å². The van der Waals surface area contributed by atoms with Crippen LogP contribution in [0, 0.1) is 11.3 Å².